The summed E-state index contributed by atoms with van der Waals surface area (Å²) in [6.45, 7) is 4.88. The maximum absolute atomic E-state index is 8.94. The van der Waals surface area contributed by atoms with Crippen LogP contribution in [-0.4, -0.2) is 54.7 Å². The van der Waals surface area contributed by atoms with Crippen LogP contribution in [0.4, 0.5) is 17.6 Å². The summed E-state index contributed by atoms with van der Waals surface area (Å²) in [5.41, 5.74) is 2.85. The van der Waals surface area contributed by atoms with E-state index in [-0.39, 0.29) is 0 Å². The topological polar surface area (TPSA) is 121 Å². The second-order valence-corrected chi connectivity index (χ2v) is 8.52. The van der Waals surface area contributed by atoms with Crippen molar-refractivity contribution in [1.29, 1.82) is 5.26 Å². The summed E-state index contributed by atoms with van der Waals surface area (Å²) >= 11 is 0. The Morgan fingerprint density at radius 1 is 1.17 bits per heavy atom. The van der Waals surface area contributed by atoms with Crippen molar-refractivity contribution < 1.29 is 0 Å². The van der Waals surface area contributed by atoms with E-state index in [2.05, 4.69) is 42.9 Å². The number of hydrogen-bond acceptors (Lipinski definition) is 7. The van der Waals surface area contributed by atoms with Gasteiger partial charge in [-0.25, -0.2) is 0 Å². The molecule has 0 radical (unpaired) electrons. The molecule has 2 saturated heterocycles. The van der Waals surface area contributed by atoms with E-state index in [0.29, 0.717) is 30.5 Å². The Hall–Kier alpha value is -3.12. The number of rotatable bonds is 6. The van der Waals surface area contributed by atoms with Crippen molar-refractivity contribution >= 4 is 28.6 Å². The predicted octanol–water partition coefficient (Wildman–Crippen LogP) is 3.36. The largest absolute Gasteiger partial charge is 0.351 e. The molecule has 3 aromatic heterocycles. The van der Waals surface area contributed by atoms with E-state index >= 15 is 0 Å². The van der Waals surface area contributed by atoms with Gasteiger partial charge in [0.25, 0.3) is 0 Å². The minimum Gasteiger partial charge on any atom is -0.351 e. The fraction of sp³-hybridized carbons (Fsp3) is 0.524. The number of nitriles is 1. The van der Waals surface area contributed by atoms with Gasteiger partial charge in [0.2, 0.25) is 5.95 Å². The highest BCUT2D eigenvalue weighted by molar-refractivity contribution is 5.90. The highest BCUT2D eigenvalue weighted by Crippen LogP contribution is 2.37. The van der Waals surface area contributed by atoms with Gasteiger partial charge in [-0.05, 0) is 45.6 Å². The zero-order valence-electron chi connectivity index (χ0n) is 17.4. The van der Waals surface area contributed by atoms with Crippen molar-refractivity contribution in [2.75, 3.05) is 17.2 Å². The van der Waals surface area contributed by atoms with E-state index in [9.17, 15) is 0 Å². The average molecular weight is 406 g/mol. The van der Waals surface area contributed by atoms with Crippen molar-refractivity contribution in [3.63, 3.8) is 0 Å². The number of nitrogens with one attached hydrogen (secondary N) is 4. The molecule has 3 aromatic rings. The molecule has 0 amide bonds. The lowest BCUT2D eigenvalue weighted by molar-refractivity contribution is 0.135. The molecule has 9 heteroatoms. The third kappa shape index (κ3) is 3.59. The monoisotopic (exact) mass is 405 g/mol. The molecule has 0 aliphatic carbocycles. The number of aromatic nitrogens is 5. The number of aryl methyl sites for hydroxylation is 2. The van der Waals surface area contributed by atoms with Crippen molar-refractivity contribution in [2.45, 2.75) is 64.1 Å². The van der Waals surface area contributed by atoms with Gasteiger partial charge >= 0.3 is 0 Å². The maximum atomic E-state index is 8.94. The molecule has 2 fully saturated rings. The Morgan fingerprint density at radius 3 is 2.67 bits per heavy atom. The van der Waals surface area contributed by atoms with Gasteiger partial charge in [0, 0.05) is 48.5 Å². The zero-order valence-corrected chi connectivity index (χ0v) is 17.4. The number of aromatic amines is 2. The molecule has 5 rings (SSSR count). The minimum absolute atomic E-state index is 0.342. The lowest BCUT2D eigenvalue weighted by Gasteiger charge is -2.38. The van der Waals surface area contributed by atoms with Crippen molar-refractivity contribution in [3.05, 3.63) is 23.5 Å². The van der Waals surface area contributed by atoms with E-state index < -0.39 is 0 Å². The lowest BCUT2D eigenvalue weighted by Crippen LogP contribution is -2.47. The zero-order chi connectivity index (χ0) is 20.7. The quantitative estimate of drug-likeness (QED) is 0.496. The van der Waals surface area contributed by atoms with E-state index in [1.807, 2.05) is 19.9 Å². The van der Waals surface area contributed by atoms with Gasteiger partial charge in [0.05, 0.1) is 11.5 Å². The highest BCUT2D eigenvalue weighted by atomic mass is 15.3. The van der Waals surface area contributed by atoms with Gasteiger partial charge in [0.1, 0.15) is 11.5 Å². The molecule has 4 N–H and O–H groups in total. The third-order valence-corrected chi connectivity index (χ3v) is 6.27. The standard InChI is InChI=1S/C21H27N9/c1-12-8-17-19(23-12)26-21(27-20(17)25-18-9-13(2)28-29-18)24-14-10-15-4-5-16(11-14)30(15)7-3-6-22/h8-9,14-16H,3-5,7,10-11H2,1-2H3,(H4,23,24,25,26,27,28,29)/t14-,15-,16+. The molecule has 9 nitrogen and oxygen atoms in total. The Kier molecular flexibility index (Phi) is 4.79. The van der Waals surface area contributed by atoms with Gasteiger partial charge < -0.3 is 15.6 Å². The SMILES string of the molecule is Cc1cc(Nc2nc(N[C@@H]3C[C@H]4CC[C@@H](C3)N4CCC#N)nc3[nH]c(C)cc23)n[nH]1. The first-order valence-electron chi connectivity index (χ1n) is 10.6. The number of nitrogens with zero attached hydrogens (tertiary/aromatic N) is 5. The molecule has 5 heterocycles. The van der Waals surface area contributed by atoms with Gasteiger partial charge in [-0.15, -0.1) is 0 Å². The van der Waals surface area contributed by atoms with Crippen LogP contribution in [0.5, 0.6) is 0 Å². The molecule has 2 bridgehead atoms. The number of piperidine rings is 1. The van der Waals surface area contributed by atoms with E-state index in [0.717, 1.165) is 53.4 Å². The van der Waals surface area contributed by atoms with Crippen LogP contribution in [0.2, 0.25) is 0 Å². The summed E-state index contributed by atoms with van der Waals surface area (Å²) in [5, 5.41) is 24.0. The Morgan fingerprint density at radius 2 is 1.97 bits per heavy atom. The fourth-order valence-corrected chi connectivity index (χ4v) is 5.02. The number of H-pyrrole nitrogens is 2. The molecule has 156 valence electrons. The van der Waals surface area contributed by atoms with Crippen LogP contribution in [0.3, 0.4) is 0 Å². The summed E-state index contributed by atoms with van der Waals surface area (Å²) in [6.07, 6.45) is 5.17. The number of fused-ring (bicyclic) bond motifs is 3. The van der Waals surface area contributed by atoms with Gasteiger partial charge in [-0.2, -0.15) is 20.3 Å². The summed E-state index contributed by atoms with van der Waals surface area (Å²) in [7, 11) is 0. The van der Waals surface area contributed by atoms with Crippen molar-refractivity contribution in [3.8, 4) is 6.07 Å². The molecule has 2 aliphatic heterocycles. The number of hydrogen-bond donors (Lipinski definition) is 4. The molecule has 3 atom stereocenters. The molecular weight excluding hydrogens is 378 g/mol. The van der Waals surface area contributed by atoms with E-state index in [1.165, 1.54) is 12.8 Å². The first-order chi connectivity index (χ1) is 14.6. The minimum atomic E-state index is 0.342. The van der Waals surface area contributed by atoms with Crippen molar-refractivity contribution in [2.24, 2.45) is 0 Å². The number of anilines is 3. The second-order valence-electron chi connectivity index (χ2n) is 8.52. The van der Waals surface area contributed by atoms with Crippen LogP contribution in [0.25, 0.3) is 11.0 Å². The van der Waals surface area contributed by atoms with Gasteiger partial charge in [-0.3, -0.25) is 10.00 Å². The van der Waals surface area contributed by atoms with Crippen LogP contribution in [-0.2, 0) is 0 Å². The smallest absolute Gasteiger partial charge is 0.226 e. The molecular formula is C21H27N9. The molecule has 0 aromatic carbocycles. The van der Waals surface area contributed by atoms with Crippen LogP contribution in [0.15, 0.2) is 12.1 Å². The molecule has 30 heavy (non-hydrogen) atoms. The summed E-state index contributed by atoms with van der Waals surface area (Å²) in [4.78, 5) is 15.4. The van der Waals surface area contributed by atoms with Gasteiger partial charge in [-0.1, -0.05) is 0 Å². The summed E-state index contributed by atoms with van der Waals surface area (Å²) < 4.78 is 0. The predicted molar refractivity (Wildman–Crippen MR) is 116 cm³/mol. The van der Waals surface area contributed by atoms with Crippen LogP contribution in [0, 0.1) is 25.2 Å². The van der Waals surface area contributed by atoms with Crippen molar-refractivity contribution in [1.82, 2.24) is 30.0 Å². The maximum Gasteiger partial charge on any atom is 0.226 e. The Labute approximate surface area is 175 Å². The van der Waals surface area contributed by atoms with Crippen LogP contribution in [0.1, 0.15) is 43.5 Å². The Balaban J connectivity index is 1.37. The molecule has 0 saturated carbocycles. The molecule has 2 aliphatic rings. The van der Waals surface area contributed by atoms with E-state index in [1.54, 1.807) is 0 Å². The van der Waals surface area contributed by atoms with Crippen LogP contribution >= 0.6 is 0 Å². The summed E-state index contributed by atoms with van der Waals surface area (Å²) in [5.74, 6) is 2.11. The highest BCUT2D eigenvalue weighted by Gasteiger charge is 2.40. The van der Waals surface area contributed by atoms with Gasteiger partial charge in [0.15, 0.2) is 5.82 Å². The average Bonchev–Trinajstić information content (AvgIpc) is 3.35. The fourth-order valence-electron chi connectivity index (χ4n) is 5.02. The normalized spacial score (nSPS) is 23.6. The van der Waals surface area contributed by atoms with E-state index in [4.69, 9.17) is 15.2 Å². The Bertz CT molecular complexity index is 1080. The van der Waals surface area contributed by atoms with Crippen LogP contribution < -0.4 is 10.6 Å². The lowest BCUT2D eigenvalue weighted by atomic mass is 9.97. The second kappa shape index (κ2) is 7.61. The molecule has 0 spiro atoms. The third-order valence-electron chi connectivity index (χ3n) is 6.27. The summed E-state index contributed by atoms with van der Waals surface area (Å²) in [6, 6.07) is 7.74. The molecule has 0 unspecified atom stereocenters. The first kappa shape index (κ1) is 18.9. The first-order valence-corrected chi connectivity index (χ1v) is 10.6.